The molecule has 216 valence electrons. The largest absolute Gasteiger partial charge is 0.494 e. The number of likely N-dealkylation sites (N-methyl/N-ethyl adjacent to an activating group) is 1. The topological polar surface area (TPSA) is 160 Å². The number of nitro groups is 1. The number of hydrogen-bond acceptors (Lipinski definition) is 7. The molecular formula is C29H32N4O8. The van der Waals surface area contributed by atoms with Gasteiger partial charge in [0.25, 0.3) is 0 Å². The first-order chi connectivity index (χ1) is 19.5. The molecule has 0 saturated carbocycles. The van der Waals surface area contributed by atoms with E-state index in [0.29, 0.717) is 34.8 Å². The van der Waals surface area contributed by atoms with Crippen LogP contribution in [0.2, 0.25) is 0 Å². The highest BCUT2D eigenvalue weighted by molar-refractivity contribution is 6.01. The van der Waals surface area contributed by atoms with Gasteiger partial charge >= 0.3 is 17.7 Å². The number of carboxylic acid groups (broad SMARTS) is 1. The molecule has 3 N–H and O–H groups in total. The van der Waals surface area contributed by atoms with Crippen molar-refractivity contribution >= 4 is 35.0 Å². The maximum Gasteiger partial charge on any atom is 0.335 e. The van der Waals surface area contributed by atoms with Gasteiger partial charge in [-0.25, -0.2) is 9.59 Å². The first-order valence-corrected chi connectivity index (χ1v) is 12.8. The minimum Gasteiger partial charge on any atom is -0.494 e. The number of rotatable bonds is 12. The molecule has 0 bridgehead atoms. The number of para-hydroxylation sites is 1. The SMILES string of the molecule is CCN(CCOc1ccc(C(=O)O)cc1[N+](=O)[O-])C(=O)Cc1ccc(NC(=O)Nc2ccccc2C)c(OC)c1C. The van der Waals surface area contributed by atoms with Gasteiger partial charge < -0.3 is 30.1 Å². The molecule has 0 aliphatic rings. The number of amides is 3. The van der Waals surface area contributed by atoms with Gasteiger partial charge in [0.15, 0.2) is 5.75 Å². The van der Waals surface area contributed by atoms with Gasteiger partial charge in [-0.2, -0.15) is 0 Å². The van der Waals surface area contributed by atoms with Crippen LogP contribution in [0.25, 0.3) is 0 Å². The van der Waals surface area contributed by atoms with Crippen LogP contribution in [0.15, 0.2) is 54.6 Å². The fraction of sp³-hybridized carbons (Fsp3) is 0.276. The van der Waals surface area contributed by atoms with E-state index in [4.69, 9.17) is 14.6 Å². The van der Waals surface area contributed by atoms with E-state index in [9.17, 15) is 24.5 Å². The molecule has 0 aliphatic carbocycles. The quantitative estimate of drug-likeness (QED) is 0.204. The Bertz CT molecular complexity index is 1460. The molecule has 0 heterocycles. The number of methoxy groups -OCH3 is 1. The van der Waals surface area contributed by atoms with E-state index in [1.54, 1.807) is 36.9 Å². The highest BCUT2D eigenvalue weighted by atomic mass is 16.6. The third-order valence-electron chi connectivity index (χ3n) is 6.46. The smallest absolute Gasteiger partial charge is 0.335 e. The first-order valence-electron chi connectivity index (χ1n) is 12.8. The van der Waals surface area contributed by atoms with Gasteiger partial charge in [0.2, 0.25) is 5.91 Å². The summed E-state index contributed by atoms with van der Waals surface area (Å²) in [6.45, 7) is 5.98. The van der Waals surface area contributed by atoms with Crippen LogP contribution in [0.1, 0.15) is 34.0 Å². The summed E-state index contributed by atoms with van der Waals surface area (Å²) in [5.74, 6) is -1.14. The summed E-state index contributed by atoms with van der Waals surface area (Å²) in [6.07, 6.45) is 0.0547. The Labute approximate surface area is 237 Å². The Morgan fingerprint density at radius 1 is 1.02 bits per heavy atom. The number of aromatic carboxylic acids is 1. The second-order valence-corrected chi connectivity index (χ2v) is 9.07. The van der Waals surface area contributed by atoms with Gasteiger partial charge in [0.05, 0.1) is 36.2 Å². The lowest BCUT2D eigenvalue weighted by Gasteiger charge is -2.22. The Kier molecular flexibility index (Phi) is 10.2. The molecule has 0 unspecified atom stereocenters. The molecule has 12 nitrogen and oxygen atoms in total. The fourth-order valence-corrected chi connectivity index (χ4v) is 4.19. The molecule has 41 heavy (non-hydrogen) atoms. The number of urea groups is 1. The number of benzene rings is 3. The van der Waals surface area contributed by atoms with Crippen molar-refractivity contribution in [2.75, 3.05) is 37.4 Å². The predicted octanol–water partition coefficient (Wildman–Crippen LogP) is 5.03. The van der Waals surface area contributed by atoms with Crippen LogP contribution in [0.3, 0.4) is 0 Å². The van der Waals surface area contributed by atoms with Crippen LogP contribution in [0.5, 0.6) is 11.5 Å². The van der Waals surface area contributed by atoms with Crippen LogP contribution in [0, 0.1) is 24.0 Å². The summed E-state index contributed by atoms with van der Waals surface area (Å²) >= 11 is 0. The minimum atomic E-state index is -1.29. The molecule has 0 aromatic heterocycles. The molecule has 12 heteroatoms. The molecule has 0 spiro atoms. The second kappa shape index (κ2) is 13.8. The summed E-state index contributed by atoms with van der Waals surface area (Å²) < 4.78 is 11.1. The van der Waals surface area contributed by atoms with Crippen molar-refractivity contribution in [1.29, 1.82) is 0 Å². The van der Waals surface area contributed by atoms with Crippen molar-refractivity contribution in [2.45, 2.75) is 27.2 Å². The summed E-state index contributed by atoms with van der Waals surface area (Å²) in [7, 11) is 1.48. The maximum atomic E-state index is 13.1. The van der Waals surface area contributed by atoms with Crippen molar-refractivity contribution in [1.82, 2.24) is 4.90 Å². The van der Waals surface area contributed by atoms with Gasteiger partial charge in [0, 0.05) is 18.3 Å². The minimum absolute atomic E-state index is 0.0337. The molecule has 3 aromatic rings. The third-order valence-corrected chi connectivity index (χ3v) is 6.46. The van der Waals surface area contributed by atoms with E-state index in [0.717, 1.165) is 11.6 Å². The first kappa shape index (κ1) is 30.4. The number of carbonyl (C=O) groups excluding carboxylic acids is 2. The average Bonchev–Trinajstić information content (AvgIpc) is 2.93. The Morgan fingerprint density at radius 2 is 1.73 bits per heavy atom. The monoisotopic (exact) mass is 564 g/mol. The number of ether oxygens (including phenoxy) is 2. The third kappa shape index (κ3) is 7.72. The van der Waals surface area contributed by atoms with Gasteiger partial charge in [-0.3, -0.25) is 14.9 Å². The number of nitrogens with zero attached hydrogens (tertiary/aromatic N) is 2. The lowest BCUT2D eigenvalue weighted by molar-refractivity contribution is -0.385. The number of hydrogen-bond donors (Lipinski definition) is 3. The number of anilines is 2. The molecule has 0 fully saturated rings. The van der Waals surface area contributed by atoms with Crippen molar-refractivity contribution in [3.05, 3.63) is 87.0 Å². The second-order valence-electron chi connectivity index (χ2n) is 9.07. The lowest BCUT2D eigenvalue weighted by atomic mass is 10.0. The zero-order chi connectivity index (χ0) is 30.1. The summed E-state index contributed by atoms with van der Waals surface area (Å²) in [4.78, 5) is 49.0. The zero-order valence-electron chi connectivity index (χ0n) is 23.2. The number of carbonyl (C=O) groups is 3. The molecular weight excluding hydrogens is 532 g/mol. The van der Waals surface area contributed by atoms with Crippen LogP contribution >= 0.6 is 0 Å². The Morgan fingerprint density at radius 3 is 2.37 bits per heavy atom. The van der Waals surface area contributed by atoms with E-state index in [1.165, 1.54) is 19.2 Å². The van der Waals surface area contributed by atoms with Gasteiger partial charge in [-0.1, -0.05) is 24.3 Å². The molecule has 0 aliphatic heterocycles. The normalized spacial score (nSPS) is 10.4. The molecule has 3 rings (SSSR count). The summed E-state index contributed by atoms with van der Waals surface area (Å²) in [5, 5.41) is 26.0. The number of nitro benzene ring substituents is 1. The van der Waals surface area contributed by atoms with E-state index < -0.39 is 22.6 Å². The van der Waals surface area contributed by atoms with Crippen molar-refractivity contribution in [2.24, 2.45) is 0 Å². The maximum absolute atomic E-state index is 13.1. The molecule has 0 atom stereocenters. The number of carboxylic acids is 1. The standard InChI is InChI=1S/C29H32N4O8/c1-5-32(14-15-41-25-13-11-21(28(35)36)16-24(25)33(38)39)26(34)17-20-10-12-23(27(40-4)19(20)3)31-29(37)30-22-9-7-6-8-18(22)2/h6-13,16H,5,14-15,17H2,1-4H3,(H,35,36)(H2,30,31,37). The molecule has 3 amide bonds. The molecule has 0 saturated heterocycles. The summed E-state index contributed by atoms with van der Waals surface area (Å²) in [6, 6.07) is 13.8. The molecule has 3 aromatic carbocycles. The van der Waals surface area contributed by atoms with Crippen LogP contribution in [-0.2, 0) is 11.2 Å². The van der Waals surface area contributed by atoms with E-state index in [1.807, 2.05) is 25.1 Å². The van der Waals surface area contributed by atoms with Crippen molar-refractivity contribution < 1.29 is 33.9 Å². The zero-order valence-corrected chi connectivity index (χ0v) is 23.2. The Balaban J connectivity index is 1.65. The van der Waals surface area contributed by atoms with Gasteiger partial charge in [-0.05, 0) is 61.7 Å². The van der Waals surface area contributed by atoms with Crippen molar-refractivity contribution in [3.63, 3.8) is 0 Å². The molecule has 0 radical (unpaired) electrons. The predicted molar refractivity (Wildman–Crippen MR) is 153 cm³/mol. The fourth-order valence-electron chi connectivity index (χ4n) is 4.19. The van der Waals surface area contributed by atoms with E-state index in [-0.39, 0.29) is 36.8 Å². The number of aryl methyl sites for hydroxylation is 1. The van der Waals surface area contributed by atoms with Crippen LogP contribution < -0.4 is 20.1 Å². The highest BCUT2D eigenvalue weighted by Gasteiger charge is 2.21. The Hall–Kier alpha value is -5.13. The summed E-state index contributed by atoms with van der Waals surface area (Å²) in [5.41, 5.74) is 2.74. The lowest BCUT2D eigenvalue weighted by Crippen LogP contribution is -2.35. The van der Waals surface area contributed by atoms with Crippen LogP contribution in [0.4, 0.5) is 21.9 Å². The van der Waals surface area contributed by atoms with E-state index in [2.05, 4.69) is 10.6 Å². The van der Waals surface area contributed by atoms with Crippen LogP contribution in [-0.4, -0.2) is 59.6 Å². The van der Waals surface area contributed by atoms with Gasteiger partial charge in [-0.15, -0.1) is 0 Å². The average molecular weight is 565 g/mol. The van der Waals surface area contributed by atoms with Crippen molar-refractivity contribution in [3.8, 4) is 11.5 Å². The highest BCUT2D eigenvalue weighted by Crippen LogP contribution is 2.32. The van der Waals surface area contributed by atoms with Gasteiger partial charge in [0.1, 0.15) is 12.4 Å². The number of nitrogens with one attached hydrogen (secondary N) is 2. The van der Waals surface area contributed by atoms with E-state index >= 15 is 0 Å².